The van der Waals surface area contributed by atoms with E-state index in [1.807, 2.05) is 30.3 Å². The van der Waals surface area contributed by atoms with Crippen LogP contribution in [-0.2, 0) is 22.4 Å². The van der Waals surface area contributed by atoms with Crippen LogP contribution in [0.4, 0.5) is 0 Å². The van der Waals surface area contributed by atoms with Gasteiger partial charge in [0.15, 0.2) is 0 Å². The van der Waals surface area contributed by atoms with Gasteiger partial charge in [-0.2, -0.15) is 0 Å². The lowest BCUT2D eigenvalue weighted by atomic mass is 10.1. The standard InChI is InChI=1S/C15H18N4O3/c16-12(6-10-4-2-1-3-5-10)14(20)19-13(15(21)22)7-11-8-17-9-18-11/h1-5,8-9,12-13H,6-7,16H2,(H,17,18)(H,19,20)(H,21,22)/t12-,13+/m0/s1. The molecule has 0 aliphatic heterocycles. The molecule has 0 fully saturated rings. The largest absolute Gasteiger partial charge is 0.480 e. The Kier molecular flexibility index (Phi) is 5.26. The highest BCUT2D eigenvalue weighted by Crippen LogP contribution is 2.03. The number of nitrogens with two attached hydrogens (primary N) is 1. The number of aliphatic carboxylic acids is 1. The van der Waals surface area contributed by atoms with Gasteiger partial charge < -0.3 is 21.1 Å². The van der Waals surface area contributed by atoms with Crippen molar-refractivity contribution in [2.24, 2.45) is 5.73 Å². The minimum Gasteiger partial charge on any atom is -0.480 e. The quantitative estimate of drug-likeness (QED) is 0.577. The molecule has 0 saturated carbocycles. The summed E-state index contributed by atoms with van der Waals surface area (Å²) >= 11 is 0. The number of carbonyl (C=O) groups excluding carboxylic acids is 1. The second-order valence-electron chi connectivity index (χ2n) is 4.96. The molecule has 0 aliphatic carbocycles. The fourth-order valence-electron chi connectivity index (χ4n) is 2.05. The summed E-state index contributed by atoms with van der Waals surface area (Å²) in [7, 11) is 0. The van der Waals surface area contributed by atoms with E-state index in [0.717, 1.165) is 5.56 Å². The van der Waals surface area contributed by atoms with Crippen LogP contribution in [0, 0.1) is 0 Å². The van der Waals surface area contributed by atoms with Gasteiger partial charge in [0.2, 0.25) is 5.91 Å². The molecule has 1 aromatic carbocycles. The molecule has 0 bridgehead atoms. The summed E-state index contributed by atoms with van der Waals surface area (Å²) in [5, 5.41) is 11.7. The van der Waals surface area contributed by atoms with Crippen LogP contribution in [0.15, 0.2) is 42.9 Å². The third-order valence-corrected chi connectivity index (χ3v) is 3.22. The maximum absolute atomic E-state index is 12.1. The van der Waals surface area contributed by atoms with Crippen LogP contribution in [0.2, 0.25) is 0 Å². The lowest BCUT2D eigenvalue weighted by Crippen LogP contribution is -2.50. The van der Waals surface area contributed by atoms with E-state index in [9.17, 15) is 14.7 Å². The molecule has 1 heterocycles. The van der Waals surface area contributed by atoms with Crippen molar-refractivity contribution in [3.63, 3.8) is 0 Å². The number of nitrogens with zero attached hydrogens (tertiary/aromatic N) is 1. The Bertz CT molecular complexity index is 613. The van der Waals surface area contributed by atoms with Crippen LogP contribution in [0.1, 0.15) is 11.3 Å². The monoisotopic (exact) mass is 302 g/mol. The van der Waals surface area contributed by atoms with Gasteiger partial charge >= 0.3 is 5.97 Å². The van der Waals surface area contributed by atoms with Crippen molar-refractivity contribution in [1.82, 2.24) is 15.3 Å². The molecule has 0 radical (unpaired) electrons. The van der Waals surface area contributed by atoms with Gasteiger partial charge in [0.1, 0.15) is 6.04 Å². The zero-order valence-electron chi connectivity index (χ0n) is 11.9. The van der Waals surface area contributed by atoms with E-state index in [-0.39, 0.29) is 6.42 Å². The number of carboxylic acids is 1. The number of aromatic nitrogens is 2. The summed E-state index contributed by atoms with van der Waals surface area (Å²) in [6.45, 7) is 0. The molecule has 116 valence electrons. The molecule has 22 heavy (non-hydrogen) atoms. The Balaban J connectivity index is 1.94. The second kappa shape index (κ2) is 7.37. The number of hydrogen-bond donors (Lipinski definition) is 4. The fraction of sp³-hybridized carbons (Fsp3) is 0.267. The van der Waals surface area contributed by atoms with Crippen molar-refractivity contribution in [3.8, 4) is 0 Å². The minimum atomic E-state index is -1.12. The van der Waals surface area contributed by atoms with Gasteiger partial charge in [0, 0.05) is 12.6 Å². The summed E-state index contributed by atoms with van der Waals surface area (Å²) in [5.74, 6) is -1.62. The van der Waals surface area contributed by atoms with Crippen LogP contribution < -0.4 is 11.1 Å². The van der Waals surface area contributed by atoms with Crippen molar-refractivity contribution in [2.45, 2.75) is 24.9 Å². The Morgan fingerprint density at radius 3 is 2.59 bits per heavy atom. The second-order valence-corrected chi connectivity index (χ2v) is 4.96. The zero-order chi connectivity index (χ0) is 15.9. The van der Waals surface area contributed by atoms with Crippen LogP contribution in [-0.4, -0.2) is 39.0 Å². The predicted octanol–water partition coefficient (Wildman–Crippen LogP) is 0.0916. The average Bonchev–Trinajstić information content (AvgIpc) is 3.00. The van der Waals surface area contributed by atoms with Crippen molar-refractivity contribution in [2.75, 3.05) is 0 Å². The number of imidazole rings is 1. The number of carbonyl (C=O) groups is 2. The number of carboxylic acid groups (broad SMARTS) is 1. The lowest BCUT2D eigenvalue weighted by Gasteiger charge is -2.17. The molecular formula is C15H18N4O3. The first kappa shape index (κ1) is 15.7. The minimum absolute atomic E-state index is 0.0998. The molecule has 0 unspecified atom stereocenters. The summed E-state index contributed by atoms with van der Waals surface area (Å²) < 4.78 is 0. The number of rotatable bonds is 7. The maximum atomic E-state index is 12.1. The summed E-state index contributed by atoms with van der Waals surface area (Å²) in [6, 6.07) is 7.46. The molecule has 5 N–H and O–H groups in total. The van der Waals surface area contributed by atoms with Crippen LogP contribution >= 0.6 is 0 Å². The van der Waals surface area contributed by atoms with E-state index in [4.69, 9.17) is 5.73 Å². The number of H-pyrrole nitrogens is 1. The first-order valence-corrected chi connectivity index (χ1v) is 6.86. The van der Waals surface area contributed by atoms with Crippen molar-refractivity contribution < 1.29 is 14.7 Å². The van der Waals surface area contributed by atoms with E-state index in [2.05, 4.69) is 15.3 Å². The molecule has 7 heteroatoms. The smallest absolute Gasteiger partial charge is 0.326 e. The van der Waals surface area contributed by atoms with Gasteiger partial charge in [-0.05, 0) is 12.0 Å². The molecular weight excluding hydrogens is 284 g/mol. The van der Waals surface area contributed by atoms with Crippen LogP contribution in [0.5, 0.6) is 0 Å². The summed E-state index contributed by atoms with van der Waals surface area (Å²) in [6.07, 6.45) is 3.49. The highest BCUT2D eigenvalue weighted by Gasteiger charge is 2.24. The molecule has 0 saturated heterocycles. The highest BCUT2D eigenvalue weighted by atomic mass is 16.4. The first-order chi connectivity index (χ1) is 10.6. The van der Waals surface area contributed by atoms with E-state index >= 15 is 0 Å². The number of amides is 1. The molecule has 0 spiro atoms. The highest BCUT2D eigenvalue weighted by molar-refractivity contribution is 5.87. The number of nitrogens with one attached hydrogen (secondary N) is 2. The van der Waals surface area contributed by atoms with Crippen molar-refractivity contribution >= 4 is 11.9 Å². The molecule has 7 nitrogen and oxygen atoms in total. The molecule has 1 amide bonds. The molecule has 2 rings (SSSR count). The average molecular weight is 302 g/mol. The van der Waals surface area contributed by atoms with Crippen LogP contribution in [0.25, 0.3) is 0 Å². The Labute approximate surface area is 127 Å². The third-order valence-electron chi connectivity index (χ3n) is 3.22. The molecule has 0 aliphatic rings. The van der Waals surface area contributed by atoms with Gasteiger partial charge in [-0.3, -0.25) is 4.79 Å². The Morgan fingerprint density at radius 2 is 2.00 bits per heavy atom. The SMILES string of the molecule is N[C@@H](Cc1ccccc1)C(=O)N[C@H](Cc1c[nH]cn1)C(=O)O. The third kappa shape index (κ3) is 4.42. The molecule has 2 atom stereocenters. The normalized spacial score (nSPS) is 13.3. The Morgan fingerprint density at radius 1 is 1.27 bits per heavy atom. The van der Waals surface area contributed by atoms with E-state index < -0.39 is 24.0 Å². The maximum Gasteiger partial charge on any atom is 0.326 e. The Hall–Kier alpha value is -2.67. The van der Waals surface area contributed by atoms with Gasteiger partial charge in [0.05, 0.1) is 18.1 Å². The molecule has 1 aromatic heterocycles. The molecule has 2 aromatic rings. The van der Waals surface area contributed by atoms with Gasteiger partial charge in [-0.25, -0.2) is 9.78 Å². The number of aromatic amines is 1. The summed E-state index contributed by atoms with van der Waals surface area (Å²) in [4.78, 5) is 30.0. The van der Waals surface area contributed by atoms with Gasteiger partial charge in [-0.15, -0.1) is 0 Å². The number of hydrogen-bond acceptors (Lipinski definition) is 4. The number of benzene rings is 1. The first-order valence-electron chi connectivity index (χ1n) is 6.86. The topological polar surface area (TPSA) is 121 Å². The van der Waals surface area contributed by atoms with E-state index in [1.54, 1.807) is 6.20 Å². The van der Waals surface area contributed by atoms with Crippen molar-refractivity contribution in [1.29, 1.82) is 0 Å². The van der Waals surface area contributed by atoms with Gasteiger partial charge in [-0.1, -0.05) is 30.3 Å². The fourth-order valence-corrected chi connectivity index (χ4v) is 2.05. The lowest BCUT2D eigenvalue weighted by molar-refractivity contribution is -0.142. The van der Waals surface area contributed by atoms with Gasteiger partial charge in [0.25, 0.3) is 0 Å². The summed E-state index contributed by atoms with van der Waals surface area (Å²) in [5.41, 5.74) is 7.32. The zero-order valence-corrected chi connectivity index (χ0v) is 11.9. The van der Waals surface area contributed by atoms with E-state index in [1.165, 1.54) is 6.33 Å². The van der Waals surface area contributed by atoms with Crippen LogP contribution in [0.3, 0.4) is 0 Å². The predicted molar refractivity (Wildman–Crippen MR) is 80.0 cm³/mol. The van der Waals surface area contributed by atoms with Crippen molar-refractivity contribution in [3.05, 3.63) is 54.1 Å². The van der Waals surface area contributed by atoms with E-state index in [0.29, 0.717) is 12.1 Å².